The Morgan fingerprint density at radius 3 is 2.74 bits per heavy atom. The number of halogens is 3. The lowest BCUT2D eigenvalue weighted by Gasteiger charge is -2.18. The Hall–Kier alpha value is -1.56. The molecule has 1 saturated heterocycles. The number of rotatable bonds is 6. The second kappa shape index (κ2) is 7.81. The zero-order valence-electron chi connectivity index (χ0n) is 13.5. The van der Waals surface area contributed by atoms with E-state index in [1.165, 1.54) is 0 Å². The summed E-state index contributed by atoms with van der Waals surface area (Å²) in [5, 5.41) is 2.76. The van der Waals surface area contributed by atoms with Gasteiger partial charge in [0.05, 0.1) is 6.42 Å². The van der Waals surface area contributed by atoms with E-state index in [-0.39, 0.29) is 17.9 Å². The van der Waals surface area contributed by atoms with Crippen molar-refractivity contribution in [2.24, 2.45) is 11.8 Å². The summed E-state index contributed by atoms with van der Waals surface area (Å²) in [7, 11) is 0. The average molecular weight is 328 g/mol. The average Bonchev–Trinajstić information content (AvgIpc) is 2.92. The van der Waals surface area contributed by atoms with Crippen molar-refractivity contribution in [3.05, 3.63) is 35.1 Å². The maximum atomic E-state index is 13.5. The van der Waals surface area contributed by atoms with Crippen molar-refractivity contribution in [1.29, 1.82) is 0 Å². The molecule has 1 aromatic carbocycles. The third kappa shape index (κ3) is 4.96. The number of hydrogen-bond acceptors (Lipinski definition) is 2. The Morgan fingerprint density at radius 1 is 1.30 bits per heavy atom. The lowest BCUT2D eigenvalue weighted by atomic mass is 10.1. The highest BCUT2D eigenvalue weighted by Gasteiger charge is 2.23. The molecule has 0 bridgehead atoms. The maximum absolute atomic E-state index is 13.5. The van der Waals surface area contributed by atoms with Crippen LogP contribution in [0.5, 0.6) is 0 Å². The molecule has 0 unspecified atom stereocenters. The van der Waals surface area contributed by atoms with Gasteiger partial charge in [0, 0.05) is 25.2 Å². The van der Waals surface area contributed by atoms with E-state index in [4.69, 9.17) is 0 Å². The zero-order valence-corrected chi connectivity index (χ0v) is 13.5. The summed E-state index contributed by atoms with van der Waals surface area (Å²) in [6, 6.07) is 1.94. The fourth-order valence-electron chi connectivity index (χ4n) is 2.96. The number of amides is 1. The Labute approximate surface area is 134 Å². The fraction of sp³-hybridized carbons (Fsp3) is 0.588. The second-order valence-corrected chi connectivity index (χ2v) is 6.62. The molecule has 0 spiro atoms. The van der Waals surface area contributed by atoms with E-state index < -0.39 is 17.5 Å². The van der Waals surface area contributed by atoms with E-state index >= 15 is 0 Å². The minimum atomic E-state index is -1.53. The van der Waals surface area contributed by atoms with Crippen molar-refractivity contribution < 1.29 is 18.0 Å². The predicted octanol–water partition coefficient (Wildman–Crippen LogP) is 2.74. The summed E-state index contributed by atoms with van der Waals surface area (Å²) >= 11 is 0. The predicted molar refractivity (Wildman–Crippen MR) is 82.4 cm³/mol. The molecule has 1 aliphatic heterocycles. The van der Waals surface area contributed by atoms with Crippen LogP contribution in [-0.2, 0) is 11.2 Å². The van der Waals surface area contributed by atoms with Crippen LogP contribution in [0.25, 0.3) is 0 Å². The van der Waals surface area contributed by atoms with Gasteiger partial charge in [-0.15, -0.1) is 0 Å². The van der Waals surface area contributed by atoms with Gasteiger partial charge in [-0.1, -0.05) is 19.9 Å². The van der Waals surface area contributed by atoms with E-state index in [0.717, 1.165) is 38.2 Å². The van der Waals surface area contributed by atoms with Crippen LogP contribution >= 0.6 is 0 Å². The van der Waals surface area contributed by atoms with Crippen LogP contribution in [0.1, 0.15) is 25.8 Å². The molecule has 3 nitrogen and oxygen atoms in total. The van der Waals surface area contributed by atoms with Gasteiger partial charge < -0.3 is 10.2 Å². The molecule has 128 valence electrons. The molecule has 2 rings (SSSR count). The maximum Gasteiger partial charge on any atom is 0.224 e. The van der Waals surface area contributed by atoms with Gasteiger partial charge in [-0.25, -0.2) is 13.2 Å². The Kier molecular flexibility index (Phi) is 6.04. The van der Waals surface area contributed by atoms with Gasteiger partial charge in [0.1, 0.15) is 0 Å². The third-order valence-corrected chi connectivity index (χ3v) is 4.05. The summed E-state index contributed by atoms with van der Waals surface area (Å²) in [6.07, 6.45) is 0.734. The van der Waals surface area contributed by atoms with E-state index in [0.29, 0.717) is 18.4 Å². The highest BCUT2D eigenvalue weighted by atomic mass is 19.2. The van der Waals surface area contributed by atoms with Crippen molar-refractivity contribution in [2.45, 2.75) is 26.7 Å². The van der Waals surface area contributed by atoms with Crippen LogP contribution in [0, 0.1) is 29.3 Å². The van der Waals surface area contributed by atoms with Crippen molar-refractivity contribution in [3.63, 3.8) is 0 Å². The quantitative estimate of drug-likeness (QED) is 0.815. The molecule has 1 aliphatic rings. The molecule has 1 amide bonds. The molecule has 0 aliphatic carbocycles. The first kappa shape index (κ1) is 17.8. The number of carbonyl (C=O) groups excluding carboxylic acids is 1. The molecule has 1 aromatic rings. The van der Waals surface area contributed by atoms with Gasteiger partial charge in [0.25, 0.3) is 0 Å². The molecule has 0 radical (unpaired) electrons. The summed E-state index contributed by atoms with van der Waals surface area (Å²) in [5.74, 6) is -3.45. The number of nitrogens with one attached hydrogen (secondary N) is 1. The molecule has 0 aromatic heterocycles. The number of likely N-dealkylation sites (tertiary alicyclic amines) is 1. The molecule has 0 saturated carbocycles. The van der Waals surface area contributed by atoms with Crippen LogP contribution < -0.4 is 5.32 Å². The summed E-state index contributed by atoms with van der Waals surface area (Å²) in [5.41, 5.74) is -0.130. The molecular weight excluding hydrogens is 305 g/mol. The lowest BCUT2D eigenvalue weighted by molar-refractivity contribution is -0.120. The van der Waals surface area contributed by atoms with Gasteiger partial charge in [-0.3, -0.25) is 4.79 Å². The molecule has 6 heteroatoms. The minimum absolute atomic E-state index is 0.130. The van der Waals surface area contributed by atoms with Gasteiger partial charge in [-0.05, 0) is 30.9 Å². The molecule has 23 heavy (non-hydrogen) atoms. The van der Waals surface area contributed by atoms with E-state index in [9.17, 15) is 18.0 Å². The molecule has 1 heterocycles. The number of carbonyl (C=O) groups is 1. The van der Waals surface area contributed by atoms with Crippen LogP contribution in [0.4, 0.5) is 13.2 Å². The summed E-state index contributed by atoms with van der Waals surface area (Å²) < 4.78 is 39.5. The van der Waals surface area contributed by atoms with E-state index in [1.54, 1.807) is 0 Å². The van der Waals surface area contributed by atoms with Gasteiger partial charge in [0.15, 0.2) is 17.5 Å². The van der Waals surface area contributed by atoms with Gasteiger partial charge >= 0.3 is 0 Å². The summed E-state index contributed by atoms with van der Waals surface area (Å²) in [6.45, 7) is 7.88. The smallest absolute Gasteiger partial charge is 0.224 e. The minimum Gasteiger partial charge on any atom is -0.355 e. The monoisotopic (exact) mass is 328 g/mol. The van der Waals surface area contributed by atoms with E-state index in [2.05, 4.69) is 24.1 Å². The highest BCUT2D eigenvalue weighted by molar-refractivity contribution is 5.78. The van der Waals surface area contributed by atoms with Gasteiger partial charge in [0.2, 0.25) is 5.91 Å². The fourth-order valence-corrected chi connectivity index (χ4v) is 2.96. The molecule has 1 N–H and O–H groups in total. The first-order valence-corrected chi connectivity index (χ1v) is 7.98. The number of hydrogen-bond donors (Lipinski definition) is 1. The normalized spacial score (nSPS) is 18.6. The standard InChI is InChI=1S/C17H23F3N2O/c1-11(2)9-22-6-5-12(10-22)8-21-15(23)7-13-3-4-14(18)17(20)16(13)19/h3-4,11-12H,5-10H2,1-2H3,(H,21,23)/t12-/m0/s1. The van der Waals surface area contributed by atoms with Crippen LogP contribution in [-0.4, -0.2) is 37.0 Å². The van der Waals surface area contributed by atoms with Crippen molar-refractivity contribution in [1.82, 2.24) is 10.2 Å². The number of nitrogens with zero attached hydrogens (tertiary/aromatic N) is 1. The van der Waals surface area contributed by atoms with Crippen LogP contribution in [0.2, 0.25) is 0 Å². The SMILES string of the molecule is CC(C)CN1CC[C@@H](CNC(=O)Cc2ccc(F)c(F)c2F)C1. The van der Waals surface area contributed by atoms with E-state index in [1.807, 2.05) is 0 Å². The topological polar surface area (TPSA) is 32.3 Å². The number of benzene rings is 1. The first-order valence-electron chi connectivity index (χ1n) is 7.98. The summed E-state index contributed by atoms with van der Waals surface area (Å²) in [4.78, 5) is 14.2. The van der Waals surface area contributed by atoms with Crippen molar-refractivity contribution >= 4 is 5.91 Å². The molecule has 1 atom stereocenters. The van der Waals surface area contributed by atoms with Crippen LogP contribution in [0.3, 0.4) is 0 Å². The highest BCUT2D eigenvalue weighted by Crippen LogP contribution is 2.17. The largest absolute Gasteiger partial charge is 0.355 e. The van der Waals surface area contributed by atoms with Gasteiger partial charge in [-0.2, -0.15) is 0 Å². The molecule has 1 fully saturated rings. The lowest BCUT2D eigenvalue weighted by Crippen LogP contribution is -2.32. The third-order valence-electron chi connectivity index (χ3n) is 4.05. The second-order valence-electron chi connectivity index (χ2n) is 6.62. The van der Waals surface area contributed by atoms with Crippen molar-refractivity contribution in [3.8, 4) is 0 Å². The zero-order chi connectivity index (χ0) is 17.0. The van der Waals surface area contributed by atoms with Crippen LogP contribution in [0.15, 0.2) is 12.1 Å². The Balaban J connectivity index is 1.79. The molecular formula is C17H23F3N2O. The Morgan fingerprint density at radius 2 is 2.04 bits per heavy atom. The Bertz CT molecular complexity index is 563. The van der Waals surface area contributed by atoms with Crippen molar-refractivity contribution in [2.75, 3.05) is 26.2 Å². The first-order chi connectivity index (χ1) is 10.9.